The van der Waals surface area contributed by atoms with Crippen molar-refractivity contribution in [2.24, 2.45) is 11.1 Å². The second-order valence-electron chi connectivity index (χ2n) is 5.86. The van der Waals surface area contributed by atoms with Gasteiger partial charge in [-0.15, -0.1) is 0 Å². The molecule has 0 spiro atoms. The minimum Gasteiger partial charge on any atom is -0.478 e. The van der Waals surface area contributed by atoms with Crippen LogP contribution in [0.1, 0.15) is 42.7 Å². The number of aromatic carboxylic acids is 1. The maximum Gasteiger partial charge on any atom is 0.335 e. The van der Waals surface area contributed by atoms with Crippen LogP contribution in [0.25, 0.3) is 0 Å². The summed E-state index contributed by atoms with van der Waals surface area (Å²) in [5.41, 5.74) is 5.87. The predicted molar refractivity (Wildman–Crippen MR) is 79.3 cm³/mol. The number of aromatic nitrogens is 1. The van der Waals surface area contributed by atoms with E-state index in [1.807, 2.05) is 18.7 Å². The molecular formula is C15H21N3O3. The van der Waals surface area contributed by atoms with E-state index < -0.39 is 11.4 Å². The molecule has 1 atom stereocenters. The molecule has 21 heavy (non-hydrogen) atoms. The molecule has 2 heterocycles. The lowest BCUT2D eigenvalue weighted by Gasteiger charge is -2.22. The van der Waals surface area contributed by atoms with Gasteiger partial charge in [0.1, 0.15) is 5.82 Å². The molecule has 0 bridgehead atoms. The van der Waals surface area contributed by atoms with Gasteiger partial charge in [-0.1, -0.05) is 13.3 Å². The Labute approximate surface area is 124 Å². The zero-order valence-corrected chi connectivity index (χ0v) is 12.4. The molecule has 1 saturated heterocycles. The molecule has 6 heteroatoms. The van der Waals surface area contributed by atoms with E-state index in [9.17, 15) is 14.7 Å². The van der Waals surface area contributed by atoms with Crippen molar-refractivity contribution in [1.82, 2.24) is 4.98 Å². The quantitative estimate of drug-likeness (QED) is 0.855. The number of hydrogen-bond donors (Lipinski definition) is 2. The predicted octanol–water partition coefficient (Wildman–Crippen LogP) is 1.43. The molecule has 0 radical (unpaired) electrons. The molecule has 1 fully saturated rings. The Bertz CT molecular complexity index is 573. The zero-order chi connectivity index (χ0) is 15.6. The van der Waals surface area contributed by atoms with Gasteiger partial charge >= 0.3 is 5.97 Å². The van der Waals surface area contributed by atoms with E-state index >= 15 is 0 Å². The van der Waals surface area contributed by atoms with E-state index in [1.54, 1.807) is 12.1 Å². The number of anilines is 1. The Morgan fingerprint density at radius 2 is 2.19 bits per heavy atom. The summed E-state index contributed by atoms with van der Waals surface area (Å²) < 4.78 is 0. The first-order chi connectivity index (χ1) is 9.85. The minimum atomic E-state index is -0.965. The van der Waals surface area contributed by atoms with E-state index in [-0.39, 0.29) is 11.5 Å². The highest BCUT2D eigenvalue weighted by Gasteiger charge is 2.39. The normalized spacial score (nSPS) is 21.5. The number of carbonyl (C=O) groups excluding carboxylic acids is 1. The first kappa shape index (κ1) is 15.3. The summed E-state index contributed by atoms with van der Waals surface area (Å²) in [5.74, 6) is -0.677. The van der Waals surface area contributed by atoms with Crippen LogP contribution in [0.15, 0.2) is 12.1 Å². The van der Waals surface area contributed by atoms with Crippen LogP contribution in [-0.4, -0.2) is 35.1 Å². The fourth-order valence-electron chi connectivity index (χ4n) is 2.60. The molecule has 2 rings (SSSR count). The third kappa shape index (κ3) is 3.15. The van der Waals surface area contributed by atoms with Crippen molar-refractivity contribution >= 4 is 17.7 Å². The number of nitrogens with zero attached hydrogens (tertiary/aromatic N) is 2. The lowest BCUT2D eigenvalue weighted by Crippen LogP contribution is -2.37. The number of carboxylic acid groups (broad SMARTS) is 1. The summed E-state index contributed by atoms with van der Waals surface area (Å²) in [4.78, 5) is 29.2. The van der Waals surface area contributed by atoms with Crippen LogP contribution in [0.5, 0.6) is 0 Å². The van der Waals surface area contributed by atoms with Crippen molar-refractivity contribution in [3.8, 4) is 0 Å². The molecule has 1 aliphatic rings. The number of amides is 1. The summed E-state index contributed by atoms with van der Waals surface area (Å²) in [7, 11) is 0. The second-order valence-corrected chi connectivity index (χ2v) is 5.86. The average Bonchev–Trinajstić information content (AvgIpc) is 2.83. The summed E-state index contributed by atoms with van der Waals surface area (Å²) in [6, 6.07) is 3.17. The molecule has 1 aromatic rings. The Hall–Kier alpha value is -2.11. The third-order valence-corrected chi connectivity index (χ3v) is 4.01. The Kier molecular flexibility index (Phi) is 4.16. The topological polar surface area (TPSA) is 96.5 Å². The first-order valence-electron chi connectivity index (χ1n) is 7.15. The molecule has 114 valence electrons. The lowest BCUT2D eigenvalue weighted by molar-refractivity contribution is -0.125. The van der Waals surface area contributed by atoms with Crippen molar-refractivity contribution in [2.45, 2.75) is 33.1 Å². The van der Waals surface area contributed by atoms with Gasteiger partial charge < -0.3 is 15.7 Å². The fraction of sp³-hybridized carbons (Fsp3) is 0.533. The SMILES string of the molecule is CCCc1cc(C(=O)O)cc(N2CCC(C)(C(N)=O)C2)n1. The minimum absolute atomic E-state index is 0.233. The standard InChI is InChI=1S/C15H21N3O3/c1-3-4-11-7-10(13(19)20)8-12(17-11)18-6-5-15(2,9-18)14(16)21/h7-8H,3-6,9H2,1-2H3,(H2,16,21)(H,19,20). The van der Waals surface area contributed by atoms with E-state index in [2.05, 4.69) is 4.98 Å². The van der Waals surface area contributed by atoms with Gasteiger partial charge in [-0.25, -0.2) is 9.78 Å². The highest BCUT2D eigenvalue weighted by Crippen LogP contribution is 2.32. The number of aryl methyl sites for hydroxylation is 1. The van der Waals surface area contributed by atoms with Crippen LogP contribution in [0, 0.1) is 5.41 Å². The van der Waals surface area contributed by atoms with E-state index in [1.165, 1.54) is 0 Å². The van der Waals surface area contributed by atoms with Gasteiger partial charge in [-0.2, -0.15) is 0 Å². The van der Waals surface area contributed by atoms with Crippen LogP contribution in [0.2, 0.25) is 0 Å². The summed E-state index contributed by atoms with van der Waals surface area (Å²) >= 11 is 0. The van der Waals surface area contributed by atoms with Crippen LogP contribution >= 0.6 is 0 Å². The fourth-order valence-corrected chi connectivity index (χ4v) is 2.60. The van der Waals surface area contributed by atoms with Gasteiger partial charge in [0.25, 0.3) is 0 Å². The van der Waals surface area contributed by atoms with Crippen LogP contribution < -0.4 is 10.6 Å². The Morgan fingerprint density at radius 3 is 2.71 bits per heavy atom. The Morgan fingerprint density at radius 1 is 1.48 bits per heavy atom. The molecule has 3 N–H and O–H groups in total. The molecule has 0 aromatic carbocycles. The molecule has 6 nitrogen and oxygen atoms in total. The molecule has 1 aromatic heterocycles. The van der Waals surface area contributed by atoms with Gasteiger partial charge in [0, 0.05) is 18.8 Å². The molecule has 1 amide bonds. The van der Waals surface area contributed by atoms with Crippen LogP contribution in [0.4, 0.5) is 5.82 Å². The lowest BCUT2D eigenvalue weighted by atomic mass is 9.89. The zero-order valence-electron chi connectivity index (χ0n) is 12.4. The van der Waals surface area contributed by atoms with Gasteiger partial charge in [0.05, 0.1) is 11.0 Å². The van der Waals surface area contributed by atoms with Gasteiger partial charge in [-0.3, -0.25) is 4.79 Å². The number of pyridine rings is 1. The number of carboxylic acids is 1. The third-order valence-electron chi connectivity index (χ3n) is 4.01. The number of rotatable bonds is 5. The number of nitrogens with two attached hydrogens (primary N) is 1. The van der Waals surface area contributed by atoms with Crippen molar-refractivity contribution < 1.29 is 14.7 Å². The van der Waals surface area contributed by atoms with Crippen LogP contribution in [0.3, 0.4) is 0 Å². The number of carbonyl (C=O) groups is 2. The largest absolute Gasteiger partial charge is 0.478 e. The number of hydrogen-bond acceptors (Lipinski definition) is 4. The first-order valence-corrected chi connectivity index (χ1v) is 7.15. The second kappa shape index (κ2) is 5.71. The van der Waals surface area contributed by atoms with Crippen LogP contribution in [-0.2, 0) is 11.2 Å². The average molecular weight is 291 g/mol. The van der Waals surface area contributed by atoms with Gasteiger partial charge in [-0.05, 0) is 31.9 Å². The Balaban J connectivity index is 2.31. The van der Waals surface area contributed by atoms with E-state index in [0.29, 0.717) is 25.3 Å². The van der Waals surface area contributed by atoms with Crippen molar-refractivity contribution in [3.05, 3.63) is 23.4 Å². The molecule has 1 unspecified atom stereocenters. The van der Waals surface area contributed by atoms with Crippen molar-refractivity contribution in [1.29, 1.82) is 0 Å². The molecular weight excluding hydrogens is 270 g/mol. The monoisotopic (exact) mass is 291 g/mol. The van der Waals surface area contributed by atoms with Crippen molar-refractivity contribution in [3.63, 3.8) is 0 Å². The summed E-state index contributed by atoms with van der Waals surface area (Å²) in [6.45, 7) is 4.99. The molecule has 1 aliphatic heterocycles. The maximum absolute atomic E-state index is 11.5. The van der Waals surface area contributed by atoms with Gasteiger partial charge in [0.15, 0.2) is 0 Å². The number of primary amides is 1. The smallest absolute Gasteiger partial charge is 0.335 e. The van der Waals surface area contributed by atoms with Gasteiger partial charge in [0.2, 0.25) is 5.91 Å². The highest BCUT2D eigenvalue weighted by atomic mass is 16.4. The summed E-state index contributed by atoms with van der Waals surface area (Å²) in [6.07, 6.45) is 2.29. The van der Waals surface area contributed by atoms with E-state index in [0.717, 1.165) is 18.5 Å². The summed E-state index contributed by atoms with van der Waals surface area (Å²) in [5, 5.41) is 9.22. The van der Waals surface area contributed by atoms with E-state index in [4.69, 9.17) is 5.73 Å². The highest BCUT2D eigenvalue weighted by molar-refractivity contribution is 5.89. The molecule has 0 aliphatic carbocycles. The van der Waals surface area contributed by atoms with Crippen molar-refractivity contribution in [2.75, 3.05) is 18.0 Å². The maximum atomic E-state index is 11.5. The molecule has 0 saturated carbocycles.